The Hall–Kier alpha value is -1.44. The fraction of sp³-hybridized carbons (Fsp3) is 0.667. The van der Waals surface area contributed by atoms with Gasteiger partial charge in [-0.1, -0.05) is 34.6 Å². The molecule has 2 heteroatoms. The Kier molecular flexibility index (Phi) is 4.36. The predicted octanol–water partition coefficient (Wildman–Crippen LogP) is 5.87. The summed E-state index contributed by atoms with van der Waals surface area (Å²) in [6.45, 7) is 12.2. The van der Waals surface area contributed by atoms with Crippen molar-refractivity contribution >= 4 is 0 Å². The van der Waals surface area contributed by atoms with Gasteiger partial charge >= 0.3 is 0 Å². The summed E-state index contributed by atoms with van der Waals surface area (Å²) in [5.74, 6) is 1.51. The van der Waals surface area contributed by atoms with E-state index < -0.39 is 0 Å². The van der Waals surface area contributed by atoms with Gasteiger partial charge in [0.15, 0.2) is 0 Å². The first kappa shape index (κ1) is 17.9. The molecule has 2 aromatic rings. The lowest BCUT2D eigenvalue weighted by molar-refractivity contribution is 0.169. The van der Waals surface area contributed by atoms with Crippen molar-refractivity contribution < 1.29 is 0 Å². The monoisotopic (exact) mass is 352 g/mol. The van der Waals surface area contributed by atoms with Gasteiger partial charge in [0.25, 0.3) is 0 Å². The van der Waals surface area contributed by atoms with Crippen LogP contribution in [-0.2, 0) is 32.1 Å². The minimum absolute atomic E-state index is 0.411. The molecule has 0 aliphatic heterocycles. The maximum Gasteiger partial charge on any atom is 0.0184 e. The van der Waals surface area contributed by atoms with E-state index in [2.05, 4.69) is 62.9 Å². The summed E-state index contributed by atoms with van der Waals surface area (Å²) >= 11 is 0. The van der Waals surface area contributed by atoms with Crippen molar-refractivity contribution in [2.45, 2.75) is 79.6 Å². The minimum Gasteiger partial charge on any atom is -0.365 e. The highest BCUT2D eigenvalue weighted by Crippen LogP contribution is 2.43. The molecule has 0 bridgehead atoms. The number of aryl methyl sites for hydroxylation is 2. The van der Waals surface area contributed by atoms with E-state index in [1.54, 1.807) is 11.1 Å². The first-order valence-corrected chi connectivity index (χ1v) is 10.6. The minimum atomic E-state index is 0.411. The molecule has 4 rings (SSSR count). The van der Waals surface area contributed by atoms with Crippen LogP contribution in [0.4, 0.5) is 0 Å². The van der Waals surface area contributed by atoms with Gasteiger partial charge in [0.05, 0.1) is 0 Å². The molecule has 0 saturated carbocycles. The zero-order valence-electron chi connectivity index (χ0n) is 17.3. The van der Waals surface area contributed by atoms with Gasteiger partial charge in [0.1, 0.15) is 0 Å². The van der Waals surface area contributed by atoms with Crippen LogP contribution in [0.25, 0.3) is 0 Å². The van der Waals surface area contributed by atoms with Crippen LogP contribution in [0.5, 0.6) is 0 Å². The number of aromatic amines is 2. The lowest BCUT2D eigenvalue weighted by Gasteiger charge is -2.39. The SMILES string of the molecule is CC(Cc1cc2c([nH]1)CC(C(C)(C)C)CC2)C1(C)CCc2[nH]ccc2C1. The van der Waals surface area contributed by atoms with Crippen LogP contribution in [0.3, 0.4) is 0 Å². The molecule has 2 heterocycles. The normalized spacial score (nSPS) is 27.0. The highest BCUT2D eigenvalue weighted by atomic mass is 14.7. The summed E-state index contributed by atoms with van der Waals surface area (Å²) in [6, 6.07) is 4.78. The van der Waals surface area contributed by atoms with Crippen molar-refractivity contribution in [3.8, 4) is 0 Å². The van der Waals surface area contributed by atoms with E-state index in [0.29, 0.717) is 16.7 Å². The number of fused-ring (bicyclic) bond motifs is 2. The Morgan fingerprint density at radius 1 is 1.19 bits per heavy atom. The highest BCUT2D eigenvalue weighted by Gasteiger charge is 2.36. The van der Waals surface area contributed by atoms with Crippen LogP contribution in [0.15, 0.2) is 18.3 Å². The molecule has 142 valence electrons. The van der Waals surface area contributed by atoms with Gasteiger partial charge < -0.3 is 9.97 Å². The van der Waals surface area contributed by atoms with Crippen LogP contribution >= 0.6 is 0 Å². The van der Waals surface area contributed by atoms with Gasteiger partial charge in [-0.25, -0.2) is 0 Å². The average Bonchev–Trinajstić information content (AvgIpc) is 3.18. The molecule has 2 aromatic heterocycles. The highest BCUT2D eigenvalue weighted by molar-refractivity contribution is 5.30. The molecule has 0 aromatic carbocycles. The van der Waals surface area contributed by atoms with Crippen LogP contribution in [-0.4, -0.2) is 9.97 Å². The zero-order chi connectivity index (χ0) is 18.5. The topological polar surface area (TPSA) is 31.6 Å². The summed E-state index contributed by atoms with van der Waals surface area (Å²) in [4.78, 5) is 7.26. The van der Waals surface area contributed by atoms with Crippen LogP contribution in [0.2, 0.25) is 0 Å². The summed E-state index contributed by atoms with van der Waals surface area (Å²) < 4.78 is 0. The zero-order valence-corrected chi connectivity index (χ0v) is 17.3. The smallest absolute Gasteiger partial charge is 0.0184 e. The molecule has 0 amide bonds. The molecule has 0 spiro atoms. The average molecular weight is 353 g/mol. The Morgan fingerprint density at radius 3 is 2.77 bits per heavy atom. The van der Waals surface area contributed by atoms with E-state index in [1.165, 1.54) is 62.0 Å². The molecule has 0 saturated heterocycles. The number of rotatable bonds is 3. The van der Waals surface area contributed by atoms with Crippen LogP contribution in [0, 0.1) is 22.7 Å². The second-order valence-corrected chi connectivity index (χ2v) is 10.5. The Labute approximate surface area is 159 Å². The molecule has 3 atom stereocenters. The van der Waals surface area contributed by atoms with Crippen LogP contribution in [0.1, 0.15) is 75.7 Å². The first-order valence-electron chi connectivity index (χ1n) is 10.6. The molecule has 26 heavy (non-hydrogen) atoms. The van der Waals surface area contributed by atoms with Gasteiger partial charge in [-0.05, 0) is 90.9 Å². The standard InChI is InChI=1S/C24H36N2/c1-16(24(5)10-8-21-18(15-24)9-11-25-21)12-20-13-17-6-7-19(23(2,3)4)14-22(17)26-20/h9,11,13,16,19,25-26H,6-8,10,12,14-15H2,1-5H3. The lowest BCUT2D eigenvalue weighted by Crippen LogP contribution is -2.33. The fourth-order valence-corrected chi connectivity index (χ4v) is 5.31. The second kappa shape index (κ2) is 6.32. The van der Waals surface area contributed by atoms with Crippen molar-refractivity contribution in [3.05, 3.63) is 46.5 Å². The summed E-state index contributed by atoms with van der Waals surface area (Å²) in [5, 5.41) is 0. The van der Waals surface area contributed by atoms with Crippen LogP contribution < -0.4 is 0 Å². The Balaban J connectivity index is 1.46. The molecular formula is C24H36N2. The number of hydrogen-bond donors (Lipinski definition) is 2. The molecule has 2 aliphatic carbocycles. The van der Waals surface area contributed by atoms with Gasteiger partial charge in [-0.3, -0.25) is 0 Å². The molecule has 2 aliphatic rings. The molecule has 3 unspecified atom stereocenters. The first-order chi connectivity index (χ1) is 12.2. The Bertz CT molecular complexity index is 772. The predicted molar refractivity (Wildman–Crippen MR) is 110 cm³/mol. The third kappa shape index (κ3) is 3.28. The van der Waals surface area contributed by atoms with E-state index in [4.69, 9.17) is 0 Å². The van der Waals surface area contributed by atoms with Crippen molar-refractivity contribution in [3.63, 3.8) is 0 Å². The van der Waals surface area contributed by atoms with E-state index >= 15 is 0 Å². The van der Waals surface area contributed by atoms with E-state index in [1.807, 2.05) is 0 Å². The number of H-pyrrole nitrogens is 2. The van der Waals surface area contributed by atoms with Crippen molar-refractivity contribution in [1.82, 2.24) is 9.97 Å². The molecule has 2 N–H and O–H groups in total. The summed E-state index contributed by atoms with van der Waals surface area (Å²) in [5.41, 5.74) is 8.43. The van der Waals surface area contributed by atoms with E-state index in [0.717, 1.165) is 5.92 Å². The molecule has 2 nitrogen and oxygen atoms in total. The third-order valence-corrected chi connectivity index (χ3v) is 7.67. The van der Waals surface area contributed by atoms with Crippen molar-refractivity contribution in [1.29, 1.82) is 0 Å². The molecular weight excluding hydrogens is 316 g/mol. The van der Waals surface area contributed by atoms with Gasteiger partial charge in [-0.15, -0.1) is 0 Å². The van der Waals surface area contributed by atoms with Gasteiger partial charge in [-0.2, -0.15) is 0 Å². The van der Waals surface area contributed by atoms with Crippen molar-refractivity contribution in [2.75, 3.05) is 0 Å². The molecule has 0 radical (unpaired) electrons. The maximum atomic E-state index is 3.83. The lowest BCUT2D eigenvalue weighted by atomic mass is 9.66. The maximum absolute atomic E-state index is 3.83. The molecule has 0 fully saturated rings. The Morgan fingerprint density at radius 2 is 2.00 bits per heavy atom. The van der Waals surface area contributed by atoms with Gasteiger partial charge in [0, 0.05) is 23.3 Å². The number of nitrogens with one attached hydrogen (secondary N) is 2. The summed E-state index contributed by atoms with van der Waals surface area (Å²) in [7, 11) is 0. The van der Waals surface area contributed by atoms with E-state index in [9.17, 15) is 0 Å². The third-order valence-electron chi connectivity index (χ3n) is 7.67. The largest absolute Gasteiger partial charge is 0.365 e. The summed E-state index contributed by atoms with van der Waals surface area (Å²) in [6.07, 6.45) is 10.9. The number of aromatic nitrogens is 2. The quantitative estimate of drug-likeness (QED) is 0.692. The number of hydrogen-bond acceptors (Lipinski definition) is 0. The van der Waals surface area contributed by atoms with Gasteiger partial charge in [0.2, 0.25) is 0 Å². The van der Waals surface area contributed by atoms with E-state index in [-0.39, 0.29) is 0 Å². The van der Waals surface area contributed by atoms with Crippen molar-refractivity contribution in [2.24, 2.45) is 22.7 Å². The fourth-order valence-electron chi connectivity index (χ4n) is 5.31. The second-order valence-electron chi connectivity index (χ2n) is 10.5.